The van der Waals surface area contributed by atoms with Crippen LogP contribution in [0.1, 0.15) is 32.6 Å². The fourth-order valence-corrected chi connectivity index (χ4v) is 3.19. The Hall–Kier alpha value is 1.38. The largest absolute Gasteiger partial charge is 0.381 e. The molecule has 0 aromatic rings. The van der Waals surface area contributed by atoms with Crippen molar-refractivity contribution in [1.29, 1.82) is 0 Å². The normalized spacial score (nSPS) is 20.5. The second-order valence-corrected chi connectivity index (χ2v) is 8.87. The maximum absolute atomic E-state index is 6.01. The van der Waals surface area contributed by atoms with Gasteiger partial charge in [-0.05, 0) is 64.4 Å². The van der Waals surface area contributed by atoms with Crippen LogP contribution in [0.2, 0.25) is 0 Å². The van der Waals surface area contributed by atoms with E-state index in [-0.39, 0.29) is 1.61 Å². The molecule has 0 aliphatic carbocycles. The molecule has 2 nitrogen and oxygen atoms in total. The van der Waals surface area contributed by atoms with Crippen LogP contribution in [0.25, 0.3) is 0 Å². The first kappa shape index (κ1) is 12.4. The topological polar surface area (TPSA) is 18.5 Å². The van der Waals surface area contributed by atoms with E-state index in [0.29, 0.717) is 6.10 Å². The summed E-state index contributed by atoms with van der Waals surface area (Å²) in [6, 6.07) is 0. The molecule has 0 unspecified atom stereocenters. The highest BCUT2D eigenvalue weighted by Crippen LogP contribution is 2.36. The Labute approximate surface area is 107 Å². The van der Waals surface area contributed by atoms with Crippen molar-refractivity contribution in [3.63, 3.8) is 0 Å². The summed E-state index contributed by atoms with van der Waals surface area (Å²) in [5.41, 5.74) is 0. The lowest BCUT2D eigenvalue weighted by Crippen LogP contribution is -2.30. The van der Waals surface area contributed by atoms with Gasteiger partial charge in [-0.1, -0.05) is 13.3 Å². The average molecular weight is 410 g/mol. The van der Waals surface area contributed by atoms with E-state index in [1.165, 1.54) is 6.42 Å². The summed E-state index contributed by atoms with van der Waals surface area (Å²) in [6.45, 7) is 3.92. The number of hydrogen-bond acceptors (Lipinski definition) is 2. The summed E-state index contributed by atoms with van der Waals surface area (Å²) in [5.74, 6) is 0. The van der Waals surface area contributed by atoms with Crippen LogP contribution in [0.15, 0.2) is 0 Å². The first-order valence-electron chi connectivity index (χ1n) is 4.77. The quantitative estimate of drug-likeness (QED) is 0.522. The first-order valence-corrected chi connectivity index (χ1v) is 6.93. The van der Waals surface area contributed by atoms with Crippen molar-refractivity contribution >= 4 is 45.2 Å². The van der Waals surface area contributed by atoms with Crippen LogP contribution in [0, 0.1) is 0 Å². The molecule has 0 N–H and O–H groups in total. The monoisotopic (exact) mass is 410 g/mol. The number of ether oxygens (including phenoxy) is 2. The van der Waals surface area contributed by atoms with Crippen molar-refractivity contribution in [1.82, 2.24) is 0 Å². The number of rotatable bonds is 4. The fourth-order valence-electron chi connectivity index (χ4n) is 1.39. The maximum Gasteiger partial charge on any atom is 0.170 e. The smallest absolute Gasteiger partial charge is 0.170 e. The van der Waals surface area contributed by atoms with Crippen molar-refractivity contribution in [3.8, 4) is 0 Å². The number of halogens is 2. The van der Waals surface area contributed by atoms with Crippen molar-refractivity contribution in [2.24, 2.45) is 0 Å². The van der Waals surface area contributed by atoms with E-state index in [4.69, 9.17) is 9.47 Å². The van der Waals surface area contributed by atoms with Crippen LogP contribution in [0.3, 0.4) is 0 Å². The van der Waals surface area contributed by atoms with Gasteiger partial charge in [0.2, 0.25) is 0 Å². The molecular formula is C9H16I2O2. The van der Waals surface area contributed by atoms with E-state index in [9.17, 15) is 0 Å². The molecule has 1 heterocycles. The Kier molecular flexibility index (Phi) is 5.81. The highest BCUT2D eigenvalue weighted by Gasteiger charge is 2.27. The van der Waals surface area contributed by atoms with E-state index in [1.54, 1.807) is 0 Å². The number of hydrogen-bond donors (Lipinski definition) is 0. The standard InChI is InChI=1S/C9H16I2O2/c1-2-5-9(10,11)13-8-3-6-12-7-4-8/h8H,2-7H2,1H3. The van der Waals surface area contributed by atoms with E-state index in [2.05, 4.69) is 52.1 Å². The van der Waals surface area contributed by atoms with E-state index in [1.807, 2.05) is 0 Å². The Bertz CT molecular complexity index is 145. The Morgan fingerprint density at radius 3 is 2.54 bits per heavy atom. The SMILES string of the molecule is CCCC(I)(I)OC1CCOCC1. The van der Waals surface area contributed by atoms with Gasteiger partial charge in [-0.3, -0.25) is 0 Å². The van der Waals surface area contributed by atoms with Gasteiger partial charge in [-0.2, -0.15) is 0 Å². The number of alkyl halides is 2. The van der Waals surface area contributed by atoms with Gasteiger partial charge in [0.25, 0.3) is 0 Å². The molecule has 0 aromatic heterocycles. The lowest BCUT2D eigenvalue weighted by Gasteiger charge is -2.30. The van der Waals surface area contributed by atoms with E-state index in [0.717, 1.165) is 32.5 Å². The van der Waals surface area contributed by atoms with Gasteiger partial charge in [0.05, 0.1) is 6.10 Å². The summed E-state index contributed by atoms with van der Waals surface area (Å²) in [6.07, 6.45) is 4.81. The van der Waals surface area contributed by atoms with Crippen LogP contribution < -0.4 is 0 Å². The van der Waals surface area contributed by atoms with Gasteiger partial charge in [0, 0.05) is 13.2 Å². The maximum atomic E-state index is 6.01. The van der Waals surface area contributed by atoms with Crippen LogP contribution >= 0.6 is 45.2 Å². The zero-order valence-electron chi connectivity index (χ0n) is 7.89. The molecule has 0 atom stereocenters. The third kappa shape index (κ3) is 5.13. The molecule has 0 spiro atoms. The predicted molar refractivity (Wildman–Crippen MR) is 70.6 cm³/mol. The molecule has 1 fully saturated rings. The molecule has 1 rings (SSSR count). The molecule has 0 aromatic carbocycles. The highest BCUT2D eigenvalue weighted by molar-refractivity contribution is 14.2. The Balaban J connectivity index is 2.28. The van der Waals surface area contributed by atoms with Crippen molar-refractivity contribution < 1.29 is 9.47 Å². The van der Waals surface area contributed by atoms with Gasteiger partial charge in [0.15, 0.2) is 1.61 Å². The van der Waals surface area contributed by atoms with Gasteiger partial charge < -0.3 is 9.47 Å². The summed E-state index contributed by atoms with van der Waals surface area (Å²) in [4.78, 5) is 0. The molecule has 1 aliphatic rings. The van der Waals surface area contributed by atoms with Crippen LogP contribution in [-0.4, -0.2) is 20.9 Å². The highest BCUT2D eigenvalue weighted by atomic mass is 127. The minimum absolute atomic E-state index is 0.00766. The fraction of sp³-hybridized carbons (Fsp3) is 1.00. The van der Waals surface area contributed by atoms with Crippen LogP contribution in [-0.2, 0) is 9.47 Å². The summed E-state index contributed by atoms with van der Waals surface area (Å²) in [5, 5.41) is 0. The molecule has 4 heteroatoms. The Morgan fingerprint density at radius 2 is 2.00 bits per heavy atom. The predicted octanol–water partition coefficient (Wildman–Crippen LogP) is 3.51. The van der Waals surface area contributed by atoms with Gasteiger partial charge in [0.1, 0.15) is 0 Å². The van der Waals surface area contributed by atoms with E-state index >= 15 is 0 Å². The average Bonchev–Trinajstić information content (AvgIpc) is 2.04. The minimum atomic E-state index is -0.00766. The molecule has 0 radical (unpaired) electrons. The molecule has 1 saturated heterocycles. The molecule has 1 aliphatic heterocycles. The summed E-state index contributed by atoms with van der Waals surface area (Å²) < 4.78 is 11.3. The summed E-state index contributed by atoms with van der Waals surface area (Å²) >= 11 is 4.80. The van der Waals surface area contributed by atoms with Crippen LogP contribution in [0.4, 0.5) is 0 Å². The second-order valence-electron chi connectivity index (χ2n) is 3.32. The molecule has 0 bridgehead atoms. The second kappa shape index (κ2) is 6.07. The van der Waals surface area contributed by atoms with Crippen molar-refractivity contribution in [2.75, 3.05) is 13.2 Å². The molecular weight excluding hydrogens is 394 g/mol. The molecule has 78 valence electrons. The van der Waals surface area contributed by atoms with Gasteiger partial charge >= 0.3 is 0 Å². The lowest BCUT2D eigenvalue weighted by molar-refractivity contribution is -0.0432. The van der Waals surface area contributed by atoms with Crippen molar-refractivity contribution in [3.05, 3.63) is 0 Å². The third-order valence-electron chi connectivity index (χ3n) is 2.05. The van der Waals surface area contributed by atoms with Crippen LogP contribution in [0.5, 0.6) is 0 Å². The zero-order chi connectivity index (χ0) is 9.73. The minimum Gasteiger partial charge on any atom is -0.381 e. The van der Waals surface area contributed by atoms with Gasteiger partial charge in [-0.15, -0.1) is 0 Å². The molecule has 0 amide bonds. The first-order chi connectivity index (χ1) is 6.14. The molecule has 13 heavy (non-hydrogen) atoms. The van der Waals surface area contributed by atoms with E-state index < -0.39 is 0 Å². The zero-order valence-corrected chi connectivity index (χ0v) is 12.2. The summed E-state index contributed by atoms with van der Waals surface area (Å²) in [7, 11) is 0. The molecule has 0 saturated carbocycles. The lowest BCUT2D eigenvalue weighted by atomic mass is 10.1. The third-order valence-corrected chi connectivity index (χ3v) is 3.64. The Morgan fingerprint density at radius 1 is 1.38 bits per heavy atom. The van der Waals surface area contributed by atoms with Gasteiger partial charge in [-0.25, -0.2) is 0 Å². The van der Waals surface area contributed by atoms with Crippen molar-refractivity contribution in [2.45, 2.75) is 40.3 Å².